The molecule has 5 atom stereocenters. The van der Waals surface area contributed by atoms with Crippen molar-refractivity contribution in [3.8, 4) is 11.5 Å². The minimum atomic E-state index is -0.451. The van der Waals surface area contributed by atoms with Crippen LogP contribution in [0.4, 0.5) is 0 Å². The lowest BCUT2D eigenvalue weighted by atomic mass is 9.65. The Morgan fingerprint density at radius 1 is 1.19 bits per heavy atom. The third-order valence-electron chi connectivity index (χ3n) is 5.45. The van der Waals surface area contributed by atoms with E-state index in [0.717, 1.165) is 23.6 Å². The summed E-state index contributed by atoms with van der Waals surface area (Å²) in [6.07, 6.45) is 3.63. The second-order valence-corrected chi connectivity index (χ2v) is 6.42. The van der Waals surface area contributed by atoms with Crippen LogP contribution >= 0.6 is 0 Å². The summed E-state index contributed by atoms with van der Waals surface area (Å²) in [5.74, 6) is 1.55. The van der Waals surface area contributed by atoms with E-state index >= 15 is 0 Å². The molecule has 5 heteroatoms. The van der Waals surface area contributed by atoms with Gasteiger partial charge in [0.05, 0.1) is 17.6 Å². The quantitative estimate of drug-likeness (QED) is 0.682. The normalized spacial score (nSPS) is 41.8. The number of ether oxygens (including phenoxy) is 2. The molecule has 1 fully saturated rings. The van der Waals surface area contributed by atoms with Crippen LogP contribution in [0.25, 0.3) is 0 Å². The minimum Gasteiger partial charge on any atom is -0.454 e. The van der Waals surface area contributed by atoms with E-state index in [0.29, 0.717) is 13.0 Å². The van der Waals surface area contributed by atoms with E-state index in [1.165, 1.54) is 5.56 Å². The maximum absolute atomic E-state index is 10.7. The molecule has 2 bridgehead atoms. The Morgan fingerprint density at radius 2 is 2.00 bits per heavy atom. The molecule has 21 heavy (non-hydrogen) atoms. The van der Waals surface area contributed by atoms with Crippen LogP contribution < -0.4 is 9.47 Å². The minimum absolute atomic E-state index is 0.153. The van der Waals surface area contributed by atoms with Crippen molar-refractivity contribution in [2.45, 2.75) is 36.6 Å². The molecular formula is C16H17NO4. The highest BCUT2D eigenvalue weighted by atomic mass is 16.7. The number of nitrogens with zero attached hydrogens (tertiary/aromatic N) is 1. The van der Waals surface area contributed by atoms with Crippen molar-refractivity contribution in [3.05, 3.63) is 35.4 Å². The van der Waals surface area contributed by atoms with E-state index in [-0.39, 0.29) is 12.8 Å². The Hall–Kier alpha value is -1.56. The van der Waals surface area contributed by atoms with Gasteiger partial charge in [-0.05, 0) is 29.7 Å². The van der Waals surface area contributed by atoms with Crippen LogP contribution in [-0.2, 0) is 12.0 Å². The maximum Gasteiger partial charge on any atom is 0.231 e. The highest BCUT2D eigenvalue weighted by Crippen LogP contribution is 2.53. The van der Waals surface area contributed by atoms with Crippen LogP contribution in [-0.4, -0.2) is 46.7 Å². The van der Waals surface area contributed by atoms with Crippen LogP contribution in [0, 0.1) is 0 Å². The zero-order valence-corrected chi connectivity index (χ0v) is 11.5. The van der Waals surface area contributed by atoms with Crippen molar-refractivity contribution in [2.24, 2.45) is 0 Å². The van der Waals surface area contributed by atoms with Crippen molar-refractivity contribution >= 4 is 0 Å². The number of benzene rings is 1. The Balaban J connectivity index is 1.76. The van der Waals surface area contributed by atoms with Crippen molar-refractivity contribution in [3.63, 3.8) is 0 Å². The van der Waals surface area contributed by atoms with Crippen LogP contribution in [0.5, 0.6) is 11.5 Å². The number of rotatable bonds is 0. The predicted molar refractivity (Wildman–Crippen MR) is 74.2 cm³/mol. The molecule has 3 heterocycles. The largest absolute Gasteiger partial charge is 0.454 e. The van der Waals surface area contributed by atoms with Crippen molar-refractivity contribution in [1.82, 2.24) is 4.90 Å². The Kier molecular flexibility index (Phi) is 2.17. The molecule has 2 N–H and O–H groups in total. The van der Waals surface area contributed by atoms with E-state index in [1.807, 2.05) is 24.3 Å². The first kappa shape index (κ1) is 12.0. The fourth-order valence-corrected chi connectivity index (χ4v) is 4.53. The van der Waals surface area contributed by atoms with E-state index in [1.54, 1.807) is 0 Å². The number of aliphatic hydroxyl groups is 2. The molecule has 1 saturated heterocycles. The first-order valence-corrected chi connectivity index (χ1v) is 7.41. The molecule has 1 aromatic rings. The SMILES string of the molecule is O[C@@H]1C=C[C@]23c4cc5c(cc4CN(C[C@H]2O)[C@@H]3C1)OCO5. The summed E-state index contributed by atoms with van der Waals surface area (Å²) in [6.45, 7) is 1.69. The third kappa shape index (κ3) is 1.36. The lowest BCUT2D eigenvalue weighted by molar-refractivity contribution is 0.0937. The molecule has 1 aromatic carbocycles. The van der Waals surface area contributed by atoms with Gasteiger partial charge in [0.15, 0.2) is 11.5 Å². The lowest BCUT2D eigenvalue weighted by Crippen LogP contribution is -2.52. The van der Waals surface area contributed by atoms with E-state index in [9.17, 15) is 10.2 Å². The standard InChI is InChI=1S/C16H17NO4/c18-10-1-2-16-11-5-13-12(20-8-21-13)3-9(11)6-17(7-15(16)19)14(16)4-10/h1-3,5,10,14-15,18-19H,4,6-8H2/t10-,14-,15-,16-/m1/s1. The zero-order chi connectivity index (χ0) is 14.2. The summed E-state index contributed by atoms with van der Waals surface area (Å²) < 4.78 is 11.0. The highest BCUT2D eigenvalue weighted by molar-refractivity contribution is 5.56. The molecule has 0 saturated carbocycles. The molecule has 0 spiro atoms. The molecule has 5 rings (SSSR count). The smallest absolute Gasteiger partial charge is 0.231 e. The van der Waals surface area contributed by atoms with Gasteiger partial charge < -0.3 is 19.7 Å². The fraction of sp³-hybridized carbons (Fsp3) is 0.500. The average Bonchev–Trinajstić information content (AvgIpc) is 2.99. The van der Waals surface area contributed by atoms with E-state index < -0.39 is 17.6 Å². The second kappa shape index (κ2) is 3.80. The van der Waals surface area contributed by atoms with Gasteiger partial charge in [-0.1, -0.05) is 12.2 Å². The van der Waals surface area contributed by atoms with Gasteiger partial charge in [0.2, 0.25) is 6.79 Å². The van der Waals surface area contributed by atoms with Gasteiger partial charge in [-0.25, -0.2) is 0 Å². The summed E-state index contributed by atoms with van der Waals surface area (Å²) in [5.41, 5.74) is 1.89. The number of fused-ring (bicyclic) bond motifs is 2. The Bertz CT molecular complexity index is 658. The Morgan fingerprint density at radius 3 is 2.86 bits per heavy atom. The lowest BCUT2D eigenvalue weighted by Gasteiger charge is -2.45. The predicted octanol–water partition coefficient (Wildman–Crippen LogP) is 0.533. The van der Waals surface area contributed by atoms with Crippen LogP contribution in [0.3, 0.4) is 0 Å². The molecule has 5 nitrogen and oxygen atoms in total. The first-order valence-electron chi connectivity index (χ1n) is 7.41. The zero-order valence-electron chi connectivity index (χ0n) is 11.5. The molecule has 4 aliphatic rings. The van der Waals surface area contributed by atoms with E-state index in [2.05, 4.69) is 4.90 Å². The number of aliphatic hydroxyl groups excluding tert-OH is 2. The molecule has 0 aromatic heterocycles. The van der Waals surface area contributed by atoms with Gasteiger partial charge in [-0.15, -0.1) is 0 Å². The summed E-state index contributed by atoms with van der Waals surface area (Å²) >= 11 is 0. The molecule has 0 radical (unpaired) electrons. The maximum atomic E-state index is 10.7. The van der Waals surface area contributed by atoms with Crippen LogP contribution in [0.2, 0.25) is 0 Å². The van der Waals surface area contributed by atoms with Gasteiger partial charge in [-0.2, -0.15) is 0 Å². The first-order chi connectivity index (χ1) is 10.2. The molecule has 110 valence electrons. The monoisotopic (exact) mass is 287 g/mol. The fourth-order valence-electron chi connectivity index (χ4n) is 4.53. The van der Waals surface area contributed by atoms with Gasteiger partial charge >= 0.3 is 0 Å². The molecular weight excluding hydrogens is 270 g/mol. The van der Waals surface area contributed by atoms with Gasteiger partial charge in [0, 0.05) is 19.1 Å². The van der Waals surface area contributed by atoms with Crippen molar-refractivity contribution < 1.29 is 19.7 Å². The van der Waals surface area contributed by atoms with Crippen molar-refractivity contribution in [2.75, 3.05) is 13.3 Å². The van der Waals surface area contributed by atoms with E-state index in [4.69, 9.17) is 9.47 Å². The van der Waals surface area contributed by atoms with Gasteiger partial charge in [0.25, 0.3) is 0 Å². The Labute approximate surface area is 122 Å². The molecule has 1 aliphatic carbocycles. The number of hydrogen-bond acceptors (Lipinski definition) is 5. The van der Waals surface area contributed by atoms with Crippen molar-refractivity contribution in [1.29, 1.82) is 0 Å². The number of hydrogen-bond donors (Lipinski definition) is 2. The molecule has 1 unspecified atom stereocenters. The molecule has 0 amide bonds. The topological polar surface area (TPSA) is 62.2 Å². The average molecular weight is 287 g/mol. The van der Waals surface area contributed by atoms with Crippen LogP contribution in [0.1, 0.15) is 17.5 Å². The summed E-state index contributed by atoms with van der Waals surface area (Å²) in [7, 11) is 0. The summed E-state index contributed by atoms with van der Waals surface area (Å²) in [4.78, 5) is 2.28. The highest BCUT2D eigenvalue weighted by Gasteiger charge is 2.58. The third-order valence-corrected chi connectivity index (χ3v) is 5.45. The summed E-state index contributed by atoms with van der Waals surface area (Å²) in [5, 5.41) is 20.7. The van der Waals surface area contributed by atoms with Crippen LogP contribution in [0.15, 0.2) is 24.3 Å². The molecule has 3 aliphatic heterocycles. The van der Waals surface area contributed by atoms with Gasteiger partial charge in [-0.3, -0.25) is 4.90 Å². The second-order valence-electron chi connectivity index (χ2n) is 6.42. The summed E-state index contributed by atoms with van der Waals surface area (Å²) in [6, 6.07) is 4.22. The van der Waals surface area contributed by atoms with Gasteiger partial charge in [0.1, 0.15) is 0 Å².